The van der Waals surface area contributed by atoms with Gasteiger partial charge < -0.3 is 16.4 Å². The number of hydrogen-bond donors (Lipinski definition) is 3. The summed E-state index contributed by atoms with van der Waals surface area (Å²) in [5.41, 5.74) is 8.96. The van der Waals surface area contributed by atoms with Crippen LogP contribution in [0.4, 0.5) is 5.13 Å². The van der Waals surface area contributed by atoms with Crippen molar-refractivity contribution in [1.82, 2.24) is 10.3 Å². The third kappa shape index (κ3) is 7.11. The standard InChI is InChI=1S/C20H28N4O2S/c1-13(2)11-17(21)19(26)24-20-23-18(12-27-20)16-8-6-15(7-9-16)5-4-10-22-14(3)25/h6-9,12-13,17H,4-5,10-11,21H2,1-3H3,(H,22,25)(H,23,24,26)/t17-/m0/s1. The van der Waals surface area contributed by atoms with Crippen molar-refractivity contribution in [3.8, 4) is 11.3 Å². The van der Waals surface area contributed by atoms with Crippen LogP contribution in [0, 0.1) is 5.92 Å². The van der Waals surface area contributed by atoms with Gasteiger partial charge >= 0.3 is 0 Å². The highest BCUT2D eigenvalue weighted by Crippen LogP contribution is 2.25. The molecule has 7 heteroatoms. The summed E-state index contributed by atoms with van der Waals surface area (Å²) in [6, 6.07) is 7.67. The van der Waals surface area contributed by atoms with Gasteiger partial charge in [-0.3, -0.25) is 9.59 Å². The van der Waals surface area contributed by atoms with Crippen LogP contribution in [-0.4, -0.2) is 29.4 Å². The van der Waals surface area contributed by atoms with Crippen LogP contribution in [0.1, 0.15) is 39.2 Å². The second kappa shape index (κ2) is 10.2. The maximum absolute atomic E-state index is 12.1. The summed E-state index contributed by atoms with van der Waals surface area (Å²) in [5.74, 6) is 0.176. The van der Waals surface area contributed by atoms with Gasteiger partial charge in [0.15, 0.2) is 5.13 Å². The minimum atomic E-state index is -0.519. The molecule has 4 N–H and O–H groups in total. The first kappa shape index (κ1) is 21.1. The van der Waals surface area contributed by atoms with E-state index in [4.69, 9.17) is 5.73 Å². The highest BCUT2D eigenvalue weighted by Gasteiger charge is 2.16. The molecule has 27 heavy (non-hydrogen) atoms. The summed E-state index contributed by atoms with van der Waals surface area (Å²) in [7, 11) is 0. The zero-order chi connectivity index (χ0) is 19.8. The SMILES string of the molecule is CC(=O)NCCCc1ccc(-c2csc(NC(=O)[C@@H](N)CC(C)C)n2)cc1. The van der Waals surface area contributed by atoms with Crippen LogP contribution < -0.4 is 16.4 Å². The Hall–Kier alpha value is -2.25. The molecule has 1 aromatic heterocycles. The van der Waals surface area contributed by atoms with Crippen LogP contribution in [0.3, 0.4) is 0 Å². The fourth-order valence-corrected chi connectivity index (χ4v) is 3.40. The van der Waals surface area contributed by atoms with Crippen LogP contribution in [0.25, 0.3) is 11.3 Å². The third-order valence-corrected chi connectivity index (χ3v) is 4.82. The molecule has 0 fully saturated rings. The lowest BCUT2D eigenvalue weighted by Crippen LogP contribution is -2.36. The number of hydrogen-bond acceptors (Lipinski definition) is 5. The van der Waals surface area contributed by atoms with E-state index in [1.54, 1.807) is 0 Å². The average molecular weight is 389 g/mol. The molecule has 6 nitrogen and oxygen atoms in total. The monoisotopic (exact) mass is 388 g/mol. The highest BCUT2D eigenvalue weighted by molar-refractivity contribution is 7.14. The van der Waals surface area contributed by atoms with E-state index in [1.165, 1.54) is 23.8 Å². The van der Waals surface area contributed by atoms with E-state index in [0.29, 0.717) is 24.0 Å². The topological polar surface area (TPSA) is 97.1 Å². The Morgan fingerprint density at radius 3 is 2.56 bits per heavy atom. The molecule has 0 bridgehead atoms. The van der Waals surface area contributed by atoms with Gasteiger partial charge in [0.25, 0.3) is 0 Å². The largest absolute Gasteiger partial charge is 0.356 e. The Bertz CT molecular complexity index is 756. The summed E-state index contributed by atoms with van der Waals surface area (Å²) in [5, 5.41) is 8.09. The number of aromatic nitrogens is 1. The van der Waals surface area contributed by atoms with E-state index in [0.717, 1.165) is 24.1 Å². The molecular weight excluding hydrogens is 360 g/mol. The van der Waals surface area contributed by atoms with Crippen molar-refractivity contribution < 1.29 is 9.59 Å². The third-order valence-electron chi connectivity index (χ3n) is 4.06. The molecule has 1 heterocycles. The van der Waals surface area contributed by atoms with Crippen molar-refractivity contribution in [2.45, 2.75) is 46.1 Å². The lowest BCUT2D eigenvalue weighted by Gasteiger charge is -2.12. The molecule has 1 aromatic carbocycles. The van der Waals surface area contributed by atoms with Crippen LogP contribution in [-0.2, 0) is 16.0 Å². The van der Waals surface area contributed by atoms with Crippen LogP contribution in [0.2, 0.25) is 0 Å². The minimum Gasteiger partial charge on any atom is -0.356 e. The van der Waals surface area contributed by atoms with E-state index in [2.05, 4.69) is 27.8 Å². The Morgan fingerprint density at radius 1 is 1.22 bits per heavy atom. The normalized spacial score (nSPS) is 12.0. The number of nitrogens with zero attached hydrogens (tertiary/aromatic N) is 1. The van der Waals surface area contributed by atoms with Crippen molar-refractivity contribution in [3.05, 3.63) is 35.2 Å². The molecule has 0 aliphatic heterocycles. The lowest BCUT2D eigenvalue weighted by molar-refractivity contribution is -0.119. The number of nitrogens with two attached hydrogens (primary N) is 1. The second-order valence-corrected chi connectivity index (χ2v) is 7.90. The molecule has 0 radical (unpaired) electrons. The number of rotatable bonds is 9. The minimum absolute atomic E-state index is 0.00179. The molecule has 0 saturated heterocycles. The molecule has 0 aliphatic rings. The highest BCUT2D eigenvalue weighted by atomic mass is 32.1. The molecule has 2 amide bonds. The number of anilines is 1. The van der Waals surface area contributed by atoms with E-state index >= 15 is 0 Å². The molecule has 146 valence electrons. The van der Waals surface area contributed by atoms with Gasteiger partial charge in [-0.05, 0) is 30.7 Å². The van der Waals surface area contributed by atoms with Gasteiger partial charge in [0.05, 0.1) is 11.7 Å². The maximum Gasteiger partial charge on any atom is 0.243 e. The van der Waals surface area contributed by atoms with Gasteiger partial charge in [-0.15, -0.1) is 11.3 Å². The zero-order valence-electron chi connectivity index (χ0n) is 16.1. The maximum atomic E-state index is 12.1. The first-order chi connectivity index (χ1) is 12.8. The zero-order valence-corrected chi connectivity index (χ0v) is 16.9. The molecular formula is C20H28N4O2S. The number of carbonyl (C=O) groups excluding carboxylic acids is 2. The first-order valence-corrected chi connectivity index (χ1v) is 10.1. The summed E-state index contributed by atoms with van der Waals surface area (Å²) in [4.78, 5) is 27.5. The van der Waals surface area contributed by atoms with Crippen molar-refractivity contribution in [1.29, 1.82) is 0 Å². The van der Waals surface area contributed by atoms with Gasteiger partial charge in [-0.25, -0.2) is 4.98 Å². The average Bonchev–Trinajstić information content (AvgIpc) is 3.07. The fourth-order valence-electron chi connectivity index (χ4n) is 2.68. The molecule has 2 aromatic rings. The number of amides is 2. The first-order valence-electron chi connectivity index (χ1n) is 9.21. The predicted molar refractivity (Wildman–Crippen MR) is 111 cm³/mol. The Balaban J connectivity index is 1.90. The Morgan fingerprint density at radius 2 is 1.93 bits per heavy atom. The molecule has 1 atom stereocenters. The van der Waals surface area contributed by atoms with Gasteiger partial charge in [0, 0.05) is 24.4 Å². The lowest BCUT2D eigenvalue weighted by atomic mass is 10.0. The molecule has 0 spiro atoms. The Labute approximate surface area is 164 Å². The smallest absolute Gasteiger partial charge is 0.243 e. The fraction of sp³-hybridized carbons (Fsp3) is 0.450. The predicted octanol–water partition coefficient (Wildman–Crippen LogP) is 3.19. The quantitative estimate of drug-likeness (QED) is 0.575. The van der Waals surface area contributed by atoms with E-state index < -0.39 is 6.04 Å². The number of benzene rings is 1. The summed E-state index contributed by atoms with van der Waals surface area (Å²) in [6.45, 7) is 6.29. The second-order valence-electron chi connectivity index (χ2n) is 7.05. The van der Waals surface area contributed by atoms with Crippen molar-refractivity contribution >= 4 is 28.3 Å². The number of thiazole rings is 1. The van der Waals surface area contributed by atoms with Gasteiger partial charge in [-0.2, -0.15) is 0 Å². The van der Waals surface area contributed by atoms with Gasteiger partial charge in [-0.1, -0.05) is 38.1 Å². The summed E-state index contributed by atoms with van der Waals surface area (Å²) < 4.78 is 0. The van der Waals surface area contributed by atoms with E-state index in [-0.39, 0.29) is 11.8 Å². The van der Waals surface area contributed by atoms with Crippen molar-refractivity contribution in [2.75, 3.05) is 11.9 Å². The number of nitrogens with one attached hydrogen (secondary N) is 2. The van der Waals surface area contributed by atoms with E-state index in [1.807, 2.05) is 31.4 Å². The summed E-state index contributed by atoms with van der Waals surface area (Å²) >= 11 is 1.39. The molecule has 0 unspecified atom stereocenters. The van der Waals surface area contributed by atoms with Gasteiger partial charge in [0.1, 0.15) is 0 Å². The molecule has 0 aliphatic carbocycles. The molecule has 0 saturated carbocycles. The summed E-state index contributed by atoms with van der Waals surface area (Å²) in [6.07, 6.45) is 2.46. The number of carbonyl (C=O) groups is 2. The van der Waals surface area contributed by atoms with Crippen LogP contribution in [0.15, 0.2) is 29.6 Å². The van der Waals surface area contributed by atoms with Crippen molar-refractivity contribution in [2.24, 2.45) is 11.7 Å². The van der Waals surface area contributed by atoms with Crippen molar-refractivity contribution in [3.63, 3.8) is 0 Å². The molecule has 2 rings (SSSR count). The van der Waals surface area contributed by atoms with Crippen LogP contribution >= 0.6 is 11.3 Å². The Kier molecular flexibility index (Phi) is 7.94. The van der Waals surface area contributed by atoms with Gasteiger partial charge in [0.2, 0.25) is 11.8 Å². The van der Waals surface area contributed by atoms with E-state index in [9.17, 15) is 9.59 Å². The van der Waals surface area contributed by atoms with Crippen LogP contribution in [0.5, 0.6) is 0 Å². The number of aryl methyl sites for hydroxylation is 1.